The lowest BCUT2D eigenvalue weighted by molar-refractivity contribution is 0.720. The maximum atomic E-state index is 12.6. The number of thiophene rings is 1. The molecule has 0 N–H and O–H groups in total. The summed E-state index contributed by atoms with van der Waals surface area (Å²) < 4.78 is 3.03. The number of hydrogen-bond acceptors (Lipinski definition) is 4. The number of aromatic nitrogens is 4. The zero-order valence-corrected chi connectivity index (χ0v) is 12.3. The van der Waals surface area contributed by atoms with Crippen LogP contribution in [0.15, 0.2) is 46.8 Å². The zero-order chi connectivity index (χ0) is 14.4. The first-order chi connectivity index (χ1) is 10.2. The topological polar surface area (TPSA) is 52.2 Å². The summed E-state index contributed by atoms with van der Waals surface area (Å²) in [5.74, 6) is 0. The second-order valence-corrected chi connectivity index (χ2v) is 5.96. The monoisotopic (exact) mass is 316 g/mol. The molecule has 0 bridgehead atoms. The molecule has 0 radical (unpaired) electrons. The van der Waals surface area contributed by atoms with Crippen molar-refractivity contribution in [1.82, 2.24) is 19.2 Å². The third-order valence-corrected chi connectivity index (χ3v) is 4.49. The predicted octanol–water partition coefficient (Wildman–Crippen LogP) is 2.81. The number of fused-ring (bicyclic) bond motifs is 3. The fourth-order valence-corrected chi connectivity index (χ4v) is 3.51. The molecule has 0 saturated heterocycles. The molecule has 4 aromatic rings. The molecule has 4 rings (SSSR count). The molecule has 7 heteroatoms. The van der Waals surface area contributed by atoms with Crippen molar-refractivity contribution in [1.29, 1.82) is 0 Å². The lowest BCUT2D eigenvalue weighted by Crippen LogP contribution is -2.27. The molecule has 0 aliphatic rings. The van der Waals surface area contributed by atoms with Gasteiger partial charge in [-0.05, 0) is 29.1 Å². The van der Waals surface area contributed by atoms with Gasteiger partial charge in [0.1, 0.15) is 11.2 Å². The van der Waals surface area contributed by atoms with E-state index in [4.69, 9.17) is 11.6 Å². The Morgan fingerprint density at radius 1 is 1.29 bits per heavy atom. The number of benzene rings is 1. The Morgan fingerprint density at radius 3 is 3.05 bits per heavy atom. The van der Waals surface area contributed by atoms with Gasteiger partial charge in [-0.1, -0.05) is 23.7 Å². The zero-order valence-electron chi connectivity index (χ0n) is 10.7. The highest BCUT2D eigenvalue weighted by atomic mass is 35.5. The van der Waals surface area contributed by atoms with Crippen LogP contribution in [0.4, 0.5) is 0 Å². The predicted molar refractivity (Wildman–Crippen MR) is 83.2 cm³/mol. The summed E-state index contributed by atoms with van der Waals surface area (Å²) in [6, 6.07) is 9.46. The molecule has 104 valence electrons. The smallest absolute Gasteiger partial charge is 0.278 e. The molecule has 0 aliphatic heterocycles. The van der Waals surface area contributed by atoms with Crippen molar-refractivity contribution in [2.75, 3.05) is 0 Å². The van der Waals surface area contributed by atoms with E-state index in [1.807, 2.05) is 35.7 Å². The second kappa shape index (κ2) is 4.68. The molecule has 3 aromatic heterocycles. The maximum Gasteiger partial charge on any atom is 0.352 e. The van der Waals surface area contributed by atoms with E-state index in [0.717, 1.165) is 15.8 Å². The van der Waals surface area contributed by atoms with Crippen molar-refractivity contribution >= 4 is 38.8 Å². The van der Waals surface area contributed by atoms with Crippen molar-refractivity contribution in [3.8, 4) is 0 Å². The van der Waals surface area contributed by atoms with Crippen LogP contribution in [0.3, 0.4) is 0 Å². The van der Waals surface area contributed by atoms with E-state index < -0.39 is 0 Å². The van der Waals surface area contributed by atoms with Crippen LogP contribution < -0.4 is 5.69 Å². The quantitative estimate of drug-likeness (QED) is 0.571. The maximum absolute atomic E-state index is 12.6. The SMILES string of the molecule is O=c1n(Cc2cccc(Cl)c2)c2sccc2c2ncnn12. The van der Waals surface area contributed by atoms with Crippen molar-refractivity contribution < 1.29 is 0 Å². The minimum atomic E-state index is -0.197. The normalized spacial score (nSPS) is 11.5. The standard InChI is InChI=1S/C14H9ClN4OS/c15-10-3-1-2-9(6-10)7-18-13-11(4-5-21-13)12-16-8-17-19(12)14(18)20/h1-6,8H,7H2. The van der Waals surface area contributed by atoms with Crippen LogP contribution in [0.1, 0.15) is 5.56 Å². The van der Waals surface area contributed by atoms with Crippen LogP contribution in [0.2, 0.25) is 5.02 Å². The molecule has 0 spiro atoms. The van der Waals surface area contributed by atoms with Gasteiger partial charge < -0.3 is 0 Å². The molecule has 1 aromatic carbocycles. The second-order valence-electron chi connectivity index (χ2n) is 4.63. The average molecular weight is 317 g/mol. The van der Waals surface area contributed by atoms with Crippen LogP contribution in [0.25, 0.3) is 15.9 Å². The first kappa shape index (κ1) is 12.6. The molecule has 0 saturated carbocycles. The van der Waals surface area contributed by atoms with Gasteiger partial charge >= 0.3 is 5.69 Å². The van der Waals surface area contributed by atoms with Crippen LogP contribution in [-0.4, -0.2) is 19.2 Å². The average Bonchev–Trinajstić information content (AvgIpc) is 3.11. The Labute approximate surface area is 128 Å². The first-order valence-corrected chi connectivity index (χ1v) is 7.54. The van der Waals surface area contributed by atoms with E-state index in [1.54, 1.807) is 4.57 Å². The van der Waals surface area contributed by atoms with Crippen molar-refractivity contribution in [2.24, 2.45) is 0 Å². The third-order valence-electron chi connectivity index (χ3n) is 3.32. The number of nitrogens with zero attached hydrogens (tertiary/aromatic N) is 4. The van der Waals surface area contributed by atoms with Gasteiger partial charge in [0.25, 0.3) is 0 Å². The molecule has 0 amide bonds. The van der Waals surface area contributed by atoms with E-state index in [9.17, 15) is 4.79 Å². The Hall–Kier alpha value is -2.18. The lowest BCUT2D eigenvalue weighted by Gasteiger charge is -2.08. The molecule has 5 nitrogen and oxygen atoms in total. The van der Waals surface area contributed by atoms with Gasteiger partial charge in [0.2, 0.25) is 0 Å². The van der Waals surface area contributed by atoms with Gasteiger partial charge in [-0.3, -0.25) is 4.57 Å². The lowest BCUT2D eigenvalue weighted by atomic mass is 10.2. The highest BCUT2D eigenvalue weighted by Crippen LogP contribution is 2.23. The summed E-state index contributed by atoms with van der Waals surface area (Å²) in [6.45, 7) is 0.451. The highest BCUT2D eigenvalue weighted by Gasteiger charge is 2.13. The first-order valence-electron chi connectivity index (χ1n) is 6.28. The summed E-state index contributed by atoms with van der Waals surface area (Å²) in [5, 5.41) is 7.56. The summed E-state index contributed by atoms with van der Waals surface area (Å²) in [7, 11) is 0. The van der Waals surface area contributed by atoms with Crippen molar-refractivity contribution in [3.63, 3.8) is 0 Å². The van der Waals surface area contributed by atoms with E-state index in [-0.39, 0.29) is 5.69 Å². The third kappa shape index (κ3) is 1.95. The number of hydrogen-bond donors (Lipinski definition) is 0. The van der Waals surface area contributed by atoms with Gasteiger partial charge in [-0.2, -0.15) is 9.61 Å². The Balaban J connectivity index is 2.00. The summed E-state index contributed by atoms with van der Waals surface area (Å²) in [4.78, 5) is 17.6. The minimum Gasteiger partial charge on any atom is -0.278 e. The van der Waals surface area contributed by atoms with E-state index in [0.29, 0.717) is 17.2 Å². The van der Waals surface area contributed by atoms with Crippen LogP contribution in [-0.2, 0) is 6.54 Å². The Kier molecular flexibility index (Phi) is 2.80. The Bertz CT molecular complexity index is 1020. The molecule has 0 fully saturated rings. The van der Waals surface area contributed by atoms with Crippen LogP contribution in [0, 0.1) is 0 Å². The molecule has 0 atom stereocenters. The fraction of sp³-hybridized carbons (Fsp3) is 0.0714. The number of rotatable bonds is 2. The van der Waals surface area contributed by atoms with Gasteiger partial charge in [-0.25, -0.2) is 9.78 Å². The van der Waals surface area contributed by atoms with Crippen LogP contribution in [0.5, 0.6) is 0 Å². The minimum absolute atomic E-state index is 0.197. The van der Waals surface area contributed by atoms with E-state index in [1.165, 1.54) is 22.2 Å². The van der Waals surface area contributed by atoms with Crippen molar-refractivity contribution in [2.45, 2.75) is 6.54 Å². The molecule has 3 heterocycles. The molecule has 0 aliphatic carbocycles. The molecular formula is C14H9ClN4OS. The Morgan fingerprint density at radius 2 is 2.19 bits per heavy atom. The highest BCUT2D eigenvalue weighted by molar-refractivity contribution is 7.16. The summed E-state index contributed by atoms with van der Waals surface area (Å²) >= 11 is 7.53. The van der Waals surface area contributed by atoms with Crippen LogP contribution >= 0.6 is 22.9 Å². The largest absolute Gasteiger partial charge is 0.352 e. The molecular weight excluding hydrogens is 308 g/mol. The van der Waals surface area contributed by atoms with E-state index >= 15 is 0 Å². The summed E-state index contributed by atoms with van der Waals surface area (Å²) in [5.41, 5.74) is 1.37. The van der Waals surface area contributed by atoms with Gasteiger partial charge in [0, 0.05) is 5.02 Å². The summed E-state index contributed by atoms with van der Waals surface area (Å²) in [6.07, 6.45) is 1.40. The molecule has 21 heavy (non-hydrogen) atoms. The van der Waals surface area contributed by atoms with Gasteiger partial charge in [0.05, 0.1) is 11.9 Å². The van der Waals surface area contributed by atoms with Crippen molar-refractivity contribution in [3.05, 3.63) is 63.1 Å². The fourth-order valence-electron chi connectivity index (χ4n) is 2.40. The van der Waals surface area contributed by atoms with Gasteiger partial charge in [0.15, 0.2) is 5.65 Å². The number of halogens is 1. The van der Waals surface area contributed by atoms with Gasteiger partial charge in [-0.15, -0.1) is 11.3 Å². The van der Waals surface area contributed by atoms with E-state index in [2.05, 4.69) is 10.1 Å². The molecule has 0 unspecified atom stereocenters.